The van der Waals surface area contributed by atoms with E-state index >= 15 is 0 Å². The van der Waals surface area contributed by atoms with Crippen LogP contribution in [0.25, 0.3) is 0 Å². The van der Waals surface area contributed by atoms with Crippen LogP contribution in [-0.4, -0.2) is 42.9 Å². The molecule has 1 saturated heterocycles. The van der Waals surface area contributed by atoms with Crippen molar-refractivity contribution in [3.05, 3.63) is 0 Å². The van der Waals surface area contributed by atoms with Crippen LogP contribution in [0.1, 0.15) is 34.1 Å². The molecule has 0 amide bonds. The molecule has 1 fully saturated rings. The fourth-order valence-electron chi connectivity index (χ4n) is 1.97. The Kier molecular flexibility index (Phi) is 8.58. The Balaban J connectivity index is 0.000000921. The van der Waals surface area contributed by atoms with E-state index in [0.29, 0.717) is 11.3 Å². The molecule has 0 aromatic heterocycles. The van der Waals surface area contributed by atoms with Crippen molar-refractivity contribution in [1.82, 2.24) is 10.2 Å². The molecular formula is C12H28N2S. The lowest BCUT2D eigenvalue weighted by Crippen LogP contribution is -2.40. The van der Waals surface area contributed by atoms with E-state index in [1.807, 2.05) is 13.8 Å². The molecule has 2 atom stereocenters. The molecule has 3 heteroatoms. The lowest BCUT2D eigenvalue weighted by molar-refractivity contribution is 0.271. The number of thiol groups is 1. The van der Waals surface area contributed by atoms with E-state index in [1.165, 1.54) is 13.0 Å². The number of hydrogen-bond acceptors (Lipinski definition) is 3. The van der Waals surface area contributed by atoms with E-state index in [4.69, 9.17) is 0 Å². The lowest BCUT2D eigenvalue weighted by Gasteiger charge is -2.24. The second kappa shape index (κ2) is 8.43. The standard InChI is InChI=1S/C10H22N2S.C2H6/c1-8(2)6-12(3)7-9-10(13)4-5-11-9;1-2/h8-11,13H,4-7H2,1-3H3;1-2H3. The average Bonchev–Trinajstić information content (AvgIpc) is 2.54. The molecule has 0 aliphatic carbocycles. The van der Waals surface area contributed by atoms with Crippen LogP contribution in [0.5, 0.6) is 0 Å². The van der Waals surface area contributed by atoms with E-state index in [9.17, 15) is 0 Å². The minimum absolute atomic E-state index is 0.551. The summed E-state index contributed by atoms with van der Waals surface area (Å²) in [7, 11) is 2.19. The highest BCUT2D eigenvalue weighted by Crippen LogP contribution is 2.14. The molecule has 0 spiro atoms. The van der Waals surface area contributed by atoms with Gasteiger partial charge in [-0.2, -0.15) is 12.6 Å². The van der Waals surface area contributed by atoms with Gasteiger partial charge >= 0.3 is 0 Å². The number of likely N-dealkylation sites (N-methyl/N-ethyl adjacent to an activating group) is 1. The Labute approximate surface area is 101 Å². The topological polar surface area (TPSA) is 15.3 Å². The Morgan fingerprint density at radius 1 is 1.40 bits per heavy atom. The molecule has 1 aliphatic heterocycles. The first-order valence-corrected chi connectivity index (χ1v) is 6.71. The van der Waals surface area contributed by atoms with Crippen molar-refractivity contribution in [2.45, 2.75) is 45.4 Å². The van der Waals surface area contributed by atoms with Gasteiger partial charge in [0, 0.05) is 24.4 Å². The quantitative estimate of drug-likeness (QED) is 0.723. The normalized spacial score (nSPS) is 25.6. The van der Waals surface area contributed by atoms with E-state index in [1.54, 1.807) is 0 Å². The summed E-state index contributed by atoms with van der Waals surface area (Å²) in [4.78, 5) is 2.40. The van der Waals surface area contributed by atoms with E-state index in [-0.39, 0.29) is 0 Å². The summed E-state index contributed by atoms with van der Waals surface area (Å²) in [5.74, 6) is 0.754. The second-order valence-electron chi connectivity index (χ2n) is 4.53. The zero-order valence-electron chi connectivity index (χ0n) is 11.0. The Morgan fingerprint density at radius 3 is 2.40 bits per heavy atom. The van der Waals surface area contributed by atoms with Crippen molar-refractivity contribution in [2.24, 2.45) is 5.92 Å². The molecule has 2 unspecified atom stereocenters. The summed E-state index contributed by atoms with van der Waals surface area (Å²) in [5.41, 5.74) is 0. The van der Waals surface area contributed by atoms with E-state index in [2.05, 4.69) is 43.7 Å². The molecule has 15 heavy (non-hydrogen) atoms. The van der Waals surface area contributed by atoms with Crippen LogP contribution in [0.4, 0.5) is 0 Å². The van der Waals surface area contributed by atoms with Gasteiger partial charge in [-0.25, -0.2) is 0 Å². The van der Waals surface area contributed by atoms with Crippen molar-refractivity contribution in [2.75, 3.05) is 26.7 Å². The molecule has 1 rings (SSSR count). The van der Waals surface area contributed by atoms with Crippen molar-refractivity contribution in [1.29, 1.82) is 0 Å². The summed E-state index contributed by atoms with van der Waals surface area (Å²) in [6.45, 7) is 12.0. The van der Waals surface area contributed by atoms with Crippen molar-refractivity contribution in [3.8, 4) is 0 Å². The highest BCUT2D eigenvalue weighted by molar-refractivity contribution is 7.81. The van der Waals surface area contributed by atoms with E-state index < -0.39 is 0 Å². The summed E-state index contributed by atoms with van der Waals surface area (Å²) in [6.07, 6.45) is 1.21. The number of hydrogen-bond donors (Lipinski definition) is 2. The van der Waals surface area contributed by atoms with Gasteiger partial charge in [0.25, 0.3) is 0 Å². The maximum absolute atomic E-state index is 4.56. The smallest absolute Gasteiger partial charge is 0.0311 e. The molecule has 0 bridgehead atoms. The van der Waals surface area contributed by atoms with Crippen LogP contribution in [0.15, 0.2) is 0 Å². The molecule has 2 nitrogen and oxygen atoms in total. The minimum atomic E-state index is 0.551. The zero-order chi connectivity index (χ0) is 11.8. The van der Waals surface area contributed by atoms with Crippen LogP contribution < -0.4 is 5.32 Å². The number of rotatable bonds is 4. The summed E-state index contributed by atoms with van der Waals surface area (Å²) < 4.78 is 0. The fourth-order valence-corrected chi connectivity index (χ4v) is 2.30. The lowest BCUT2D eigenvalue weighted by atomic mass is 10.1. The van der Waals surface area contributed by atoms with Crippen molar-refractivity contribution < 1.29 is 0 Å². The third kappa shape index (κ3) is 6.44. The van der Waals surface area contributed by atoms with Gasteiger partial charge in [0.2, 0.25) is 0 Å². The van der Waals surface area contributed by atoms with Gasteiger partial charge in [-0.3, -0.25) is 0 Å². The molecule has 1 aliphatic rings. The van der Waals surface area contributed by atoms with Crippen LogP contribution in [0.2, 0.25) is 0 Å². The molecule has 0 radical (unpaired) electrons. The van der Waals surface area contributed by atoms with Crippen LogP contribution in [0.3, 0.4) is 0 Å². The first-order valence-electron chi connectivity index (χ1n) is 6.19. The summed E-state index contributed by atoms with van der Waals surface area (Å²) in [6, 6.07) is 0.590. The second-order valence-corrected chi connectivity index (χ2v) is 5.19. The van der Waals surface area contributed by atoms with Gasteiger partial charge in [-0.15, -0.1) is 0 Å². The molecule has 92 valence electrons. The molecule has 0 aromatic rings. The SMILES string of the molecule is CC.CC(C)CN(C)CC1NCCC1S. The first-order chi connectivity index (χ1) is 7.09. The van der Waals surface area contributed by atoms with Gasteiger partial charge in [0.1, 0.15) is 0 Å². The van der Waals surface area contributed by atoms with Crippen molar-refractivity contribution in [3.63, 3.8) is 0 Å². The Hall–Kier alpha value is 0.270. The predicted molar refractivity (Wildman–Crippen MR) is 72.9 cm³/mol. The number of nitrogens with zero attached hydrogens (tertiary/aromatic N) is 1. The van der Waals surface area contributed by atoms with Gasteiger partial charge in [0.05, 0.1) is 0 Å². The fraction of sp³-hybridized carbons (Fsp3) is 1.00. The Bertz CT molecular complexity index is 151. The maximum atomic E-state index is 4.56. The molecule has 1 N–H and O–H groups in total. The first kappa shape index (κ1) is 15.3. The maximum Gasteiger partial charge on any atom is 0.0311 e. The minimum Gasteiger partial charge on any atom is -0.312 e. The molecular weight excluding hydrogens is 204 g/mol. The van der Waals surface area contributed by atoms with Crippen LogP contribution in [-0.2, 0) is 0 Å². The van der Waals surface area contributed by atoms with Crippen LogP contribution >= 0.6 is 12.6 Å². The highest BCUT2D eigenvalue weighted by Gasteiger charge is 2.24. The Morgan fingerprint density at radius 2 is 2.00 bits per heavy atom. The monoisotopic (exact) mass is 232 g/mol. The molecule has 0 saturated carbocycles. The summed E-state index contributed by atoms with van der Waals surface area (Å²) in [5, 5.41) is 4.04. The third-order valence-corrected chi connectivity index (χ3v) is 3.11. The zero-order valence-corrected chi connectivity index (χ0v) is 11.8. The van der Waals surface area contributed by atoms with Gasteiger partial charge in [0.15, 0.2) is 0 Å². The van der Waals surface area contributed by atoms with Crippen LogP contribution in [0, 0.1) is 5.92 Å². The summed E-state index contributed by atoms with van der Waals surface area (Å²) >= 11 is 4.56. The third-order valence-electron chi connectivity index (χ3n) is 2.50. The highest BCUT2D eigenvalue weighted by atomic mass is 32.1. The molecule has 0 aromatic carbocycles. The molecule has 1 heterocycles. The van der Waals surface area contributed by atoms with Gasteiger partial charge in [-0.1, -0.05) is 27.7 Å². The largest absolute Gasteiger partial charge is 0.312 e. The number of nitrogens with one attached hydrogen (secondary N) is 1. The van der Waals surface area contributed by atoms with Crippen molar-refractivity contribution >= 4 is 12.6 Å². The predicted octanol–water partition coefficient (Wildman–Crippen LogP) is 2.26. The average molecular weight is 232 g/mol. The van der Waals surface area contributed by atoms with E-state index in [0.717, 1.165) is 19.0 Å². The van der Waals surface area contributed by atoms with Gasteiger partial charge < -0.3 is 10.2 Å². The van der Waals surface area contributed by atoms with Gasteiger partial charge in [-0.05, 0) is 25.9 Å².